The van der Waals surface area contributed by atoms with Gasteiger partial charge in [-0.2, -0.15) is 0 Å². The van der Waals surface area contributed by atoms with Crippen molar-refractivity contribution < 1.29 is 18.3 Å². The lowest BCUT2D eigenvalue weighted by molar-refractivity contribution is -0.137. The topological polar surface area (TPSA) is 79.4 Å². The molecule has 1 aliphatic carbocycles. The molecule has 2 rings (SSSR count). The average molecular weight is 390 g/mol. The van der Waals surface area contributed by atoms with Crippen molar-refractivity contribution in [1.82, 2.24) is 19.0 Å². The van der Waals surface area contributed by atoms with Gasteiger partial charge in [0.1, 0.15) is 6.61 Å². The standard InChI is InChI=1S/C17H34N4O4S/c1-18-8-10-21(11-9-18)16-6-4-15(5-7-16)20(3)17(22)14-25-13-12-19(2)26(23)24/h15-16H,4-14H2,1-3H3,(H,23,24)/p-1. The van der Waals surface area contributed by atoms with Crippen LogP contribution in [0.5, 0.6) is 0 Å². The molecule has 2 fully saturated rings. The van der Waals surface area contributed by atoms with Crippen LogP contribution in [0.1, 0.15) is 25.7 Å². The minimum absolute atomic E-state index is 0.00816. The first-order valence-electron chi connectivity index (χ1n) is 9.45. The van der Waals surface area contributed by atoms with Crippen LogP contribution in [-0.4, -0.2) is 113 Å². The molecule has 0 bridgehead atoms. The van der Waals surface area contributed by atoms with Crippen molar-refractivity contribution >= 4 is 17.2 Å². The zero-order chi connectivity index (χ0) is 19.1. The Morgan fingerprint density at radius 2 is 1.77 bits per heavy atom. The van der Waals surface area contributed by atoms with Crippen molar-refractivity contribution in [2.75, 3.05) is 67.1 Å². The van der Waals surface area contributed by atoms with Crippen LogP contribution in [0.3, 0.4) is 0 Å². The Bertz CT molecular complexity index is 466. The van der Waals surface area contributed by atoms with E-state index < -0.39 is 11.3 Å². The van der Waals surface area contributed by atoms with Gasteiger partial charge in [-0.1, -0.05) is 0 Å². The number of rotatable bonds is 8. The van der Waals surface area contributed by atoms with Crippen molar-refractivity contribution in [2.24, 2.45) is 0 Å². The molecule has 0 aromatic carbocycles. The normalized spacial score (nSPS) is 26.8. The van der Waals surface area contributed by atoms with Gasteiger partial charge >= 0.3 is 0 Å². The van der Waals surface area contributed by atoms with Crippen molar-refractivity contribution in [1.29, 1.82) is 0 Å². The summed E-state index contributed by atoms with van der Waals surface area (Å²) in [6, 6.07) is 0.940. The third-order valence-electron chi connectivity index (χ3n) is 5.69. The van der Waals surface area contributed by atoms with E-state index in [1.165, 1.54) is 7.05 Å². The first kappa shape index (κ1) is 21.7. The minimum Gasteiger partial charge on any atom is -0.760 e. The molecule has 1 heterocycles. The molecule has 9 heteroatoms. The number of likely N-dealkylation sites (N-methyl/N-ethyl adjacent to an activating group) is 3. The second-order valence-electron chi connectivity index (χ2n) is 7.43. The quantitative estimate of drug-likeness (QED) is 0.421. The number of piperazine rings is 1. The minimum atomic E-state index is -2.24. The van der Waals surface area contributed by atoms with E-state index in [2.05, 4.69) is 16.8 Å². The molecule has 0 N–H and O–H groups in total. The highest BCUT2D eigenvalue weighted by atomic mass is 32.2. The molecule has 8 nitrogen and oxygen atoms in total. The highest BCUT2D eigenvalue weighted by Crippen LogP contribution is 2.26. The van der Waals surface area contributed by atoms with Crippen LogP contribution in [0, 0.1) is 0 Å². The maximum atomic E-state index is 12.3. The maximum absolute atomic E-state index is 12.3. The van der Waals surface area contributed by atoms with Crippen molar-refractivity contribution in [3.8, 4) is 0 Å². The largest absolute Gasteiger partial charge is 0.760 e. The van der Waals surface area contributed by atoms with E-state index in [0.717, 1.165) is 56.2 Å². The van der Waals surface area contributed by atoms with Gasteiger partial charge in [-0.25, -0.2) is 4.31 Å². The Morgan fingerprint density at radius 1 is 1.15 bits per heavy atom. The number of hydrogen-bond donors (Lipinski definition) is 0. The fraction of sp³-hybridized carbons (Fsp3) is 0.941. The molecule has 0 aromatic rings. The summed E-state index contributed by atoms with van der Waals surface area (Å²) in [5.74, 6) is -0.0288. The smallest absolute Gasteiger partial charge is 0.248 e. The second-order valence-corrected chi connectivity index (χ2v) is 8.49. The lowest BCUT2D eigenvalue weighted by atomic mass is 9.89. The van der Waals surface area contributed by atoms with Gasteiger partial charge in [0.25, 0.3) is 0 Å². The molecule has 0 spiro atoms. The Balaban J connectivity index is 1.64. The summed E-state index contributed by atoms with van der Waals surface area (Å²) in [4.78, 5) is 19.1. The van der Waals surface area contributed by atoms with Crippen molar-refractivity contribution in [3.05, 3.63) is 0 Å². The zero-order valence-corrected chi connectivity index (χ0v) is 17.1. The van der Waals surface area contributed by atoms with Crippen molar-refractivity contribution in [2.45, 2.75) is 37.8 Å². The Hall–Kier alpha value is -0.580. The molecule has 2 aliphatic rings. The third kappa shape index (κ3) is 6.54. The molecule has 152 valence electrons. The predicted molar refractivity (Wildman–Crippen MR) is 100 cm³/mol. The molecular weight excluding hydrogens is 356 g/mol. The third-order valence-corrected chi connectivity index (χ3v) is 6.38. The summed E-state index contributed by atoms with van der Waals surface area (Å²) < 4.78 is 27.9. The van der Waals surface area contributed by atoms with Crippen LogP contribution in [0.15, 0.2) is 0 Å². The lowest BCUT2D eigenvalue weighted by Gasteiger charge is -2.42. The van der Waals surface area contributed by atoms with Crippen LogP contribution < -0.4 is 0 Å². The SMILES string of the molecule is CN1CCN(C2CCC(N(C)C(=O)COCCN(C)S(=O)[O-])CC2)CC1. The molecule has 1 saturated carbocycles. The first-order valence-corrected chi connectivity index (χ1v) is 10.5. The van der Waals surface area contributed by atoms with Crippen LogP contribution in [-0.2, 0) is 20.8 Å². The number of carbonyl (C=O) groups is 1. The lowest BCUT2D eigenvalue weighted by Crippen LogP contribution is -2.51. The van der Waals surface area contributed by atoms with Gasteiger partial charge in [-0.15, -0.1) is 0 Å². The maximum Gasteiger partial charge on any atom is 0.248 e. The number of hydrogen-bond acceptors (Lipinski definition) is 6. The number of amides is 1. The number of ether oxygens (including phenoxy) is 1. The molecule has 0 aromatic heterocycles. The molecule has 1 unspecified atom stereocenters. The average Bonchev–Trinajstić information content (AvgIpc) is 2.65. The summed E-state index contributed by atoms with van der Waals surface area (Å²) in [6.45, 7) is 5.07. The second kappa shape index (κ2) is 10.7. The summed E-state index contributed by atoms with van der Waals surface area (Å²) in [5.41, 5.74) is 0. The van der Waals surface area contributed by atoms with E-state index >= 15 is 0 Å². The van der Waals surface area contributed by atoms with E-state index in [0.29, 0.717) is 6.04 Å². The van der Waals surface area contributed by atoms with Crippen LogP contribution >= 0.6 is 0 Å². The zero-order valence-electron chi connectivity index (χ0n) is 16.3. The van der Waals surface area contributed by atoms with Crippen LogP contribution in [0.4, 0.5) is 0 Å². The fourth-order valence-corrected chi connectivity index (χ4v) is 3.95. The Kier molecular flexibility index (Phi) is 8.92. The number of nitrogens with zero attached hydrogens (tertiary/aromatic N) is 4. The molecule has 1 atom stereocenters. The van der Waals surface area contributed by atoms with E-state index in [4.69, 9.17) is 4.74 Å². The van der Waals surface area contributed by atoms with Gasteiger partial charge in [0.2, 0.25) is 5.91 Å². The van der Waals surface area contributed by atoms with Crippen LogP contribution in [0.2, 0.25) is 0 Å². The van der Waals surface area contributed by atoms with Gasteiger partial charge in [-0.05, 0) is 39.8 Å². The molecule has 26 heavy (non-hydrogen) atoms. The summed E-state index contributed by atoms with van der Waals surface area (Å²) in [5, 5.41) is 0. The predicted octanol–water partition coefficient (Wildman–Crippen LogP) is -0.254. The molecular formula is C17H33N4O4S-. The Labute approximate surface area is 159 Å². The molecule has 1 aliphatic heterocycles. The van der Waals surface area contributed by atoms with Gasteiger partial charge in [0, 0.05) is 63.1 Å². The van der Waals surface area contributed by atoms with E-state index in [9.17, 15) is 13.6 Å². The van der Waals surface area contributed by atoms with Gasteiger partial charge in [0.05, 0.1) is 6.61 Å². The highest BCUT2D eigenvalue weighted by Gasteiger charge is 2.30. The first-order chi connectivity index (χ1) is 12.4. The molecule has 1 saturated heterocycles. The molecule has 0 radical (unpaired) electrons. The van der Waals surface area contributed by atoms with E-state index in [-0.39, 0.29) is 31.7 Å². The summed E-state index contributed by atoms with van der Waals surface area (Å²) in [7, 11) is 5.50. The van der Waals surface area contributed by atoms with E-state index in [1.54, 1.807) is 0 Å². The summed E-state index contributed by atoms with van der Waals surface area (Å²) >= 11 is -2.24. The van der Waals surface area contributed by atoms with Gasteiger partial charge in [0.15, 0.2) is 0 Å². The van der Waals surface area contributed by atoms with E-state index in [1.807, 2.05) is 11.9 Å². The van der Waals surface area contributed by atoms with Gasteiger partial charge in [-0.3, -0.25) is 13.9 Å². The Morgan fingerprint density at radius 3 is 2.35 bits per heavy atom. The van der Waals surface area contributed by atoms with Gasteiger partial charge < -0.3 is 19.1 Å². The van der Waals surface area contributed by atoms with Crippen LogP contribution in [0.25, 0.3) is 0 Å². The number of carbonyl (C=O) groups excluding carboxylic acids is 1. The fourth-order valence-electron chi connectivity index (χ4n) is 3.73. The van der Waals surface area contributed by atoms with Crippen molar-refractivity contribution in [3.63, 3.8) is 0 Å². The molecule has 1 amide bonds. The summed E-state index contributed by atoms with van der Waals surface area (Å²) in [6.07, 6.45) is 4.37. The monoisotopic (exact) mass is 389 g/mol. The highest BCUT2D eigenvalue weighted by molar-refractivity contribution is 7.76.